The normalized spacial score (nSPS) is 23.6. The average Bonchev–Trinajstić information content (AvgIpc) is 3.35. The Kier molecular flexibility index (Phi) is 5.11. The van der Waals surface area contributed by atoms with E-state index < -0.39 is 6.10 Å². The fourth-order valence-corrected chi connectivity index (χ4v) is 3.71. The summed E-state index contributed by atoms with van der Waals surface area (Å²) in [6.07, 6.45) is -0.545. The van der Waals surface area contributed by atoms with E-state index in [9.17, 15) is 9.90 Å². The molecule has 2 aromatic rings. The van der Waals surface area contributed by atoms with E-state index in [0.29, 0.717) is 37.7 Å². The number of morpholine rings is 1. The second-order valence-electron chi connectivity index (χ2n) is 6.89. The molecule has 2 aliphatic heterocycles. The van der Waals surface area contributed by atoms with E-state index in [2.05, 4.69) is 15.1 Å². The third-order valence-corrected chi connectivity index (χ3v) is 5.26. The molecule has 2 N–H and O–H groups in total. The molecular weight excluding hydrogens is 348 g/mol. The van der Waals surface area contributed by atoms with Crippen molar-refractivity contribution in [1.29, 1.82) is 0 Å². The molecule has 2 fully saturated rings. The molecule has 0 radical (unpaired) electrons. The fourth-order valence-electron chi connectivity index (χ4n) is 3.71. The molecule has 0 aliphatic carbocycles. The number of benzene rings is 1. The lowest BCUT2D eigenvalue weighted by Crippen LogP contribution is -2.49. The molecule has 27 heavy (non-hydrogen) atoms. The van der Waals surface area contributed by atoms with Gasteiger partial charge in [-0.15, -0.1) is 0 Å². The predicted molar refractivity (Wildman–Crippen MR) is 98.7 cm³/mol. The van der Waals surface area contributed by atoms with Gasteiger partial charge in [0.25, 0.3) is 5.91 Å². The number of hydrogen-bond donors (Lipinski definition) is 2. The molecule has 8 heteroatoms. The van der Waals surface area contributed by atoms with Crippen LogP contribution in [-0.4, -0.2) is 89.7 Å². The minimum Gasteiger partial charge on any atom is -0.497 e. The van der Waals surface area contributed by atoms with Crippen molar-refractivity contribution in [3.05, 3.63) is 36.0 Å². The smallest absolute Gasteiger partial charge is 0.272 e. The maximum absolute atomic E-state index is 12.8. The molecular formula is C19H24N4O4. The topological polar surface area (TPSA) is 90.9 Å². The van der Waals surface area contributed by atoms with Crippen molar-refractivity contribution in [2.45, 2.75) is 12.1 Å². The number of carbonyl (C=O) groups excluding carboxylic acids is 1. The Hall–Kier alpha value is -2.42. The number of aromatic nitrogens is 2. The number of nitrogens with zero attached hydrogens (tertiary/aromatic N) is 3. The van der Waals surface area contributed by atoms with Crippen LogP contribution in [0.3, 0.4) is 0 Å². The van der Waals surface area contributed by atoms with Gasteiger partial charge in [-0.2, -0.15) is 5.10 Å². The number of likely N-dealkylation sites (tertiary alicyclic amines) is 1. The van der Waals surface area contributed by atoms with Crippen LogP contribution in [0, 0.1) is 0 Å². The second-order valence-corrected chi connectivity index (χ2v) is 6.89. The highest BCUT2D eigenvalue weighted by molar-refractivity contribution is 5.93. The van der Waals surface area contributed by atoms with Crippen LogP contribution in [0.1, 0.15) is 10.5 Å². The molecule has 3 heterocycles. The Morgan fingerprint density at radius 3 is 2.70 bits per heavy atom. The van der Waals surface area contributed by atoms with Crippen LogP contribution in [0.2, 0.25) is 0 Å². The third-order valence-electron chi connectivity index (χ3n) is 5.26. The molecule has 4 rings (SSSR count). The van der Waals surface area contributed by atoms with Crippen LogP contribution in [0.4, 0.5) is 0 Å². The number of hydrogen-bond acceptors (Lipinski definition) is 6. The summed E-state index contributed by atoms with van der Waals surface area (Å²) in [5, 5.41) is 17.5. The van der Waals surface area contributed by atoms with Crippen molar-refractivity contribution in [2.75, 3.05) is 46.5 Å². The quantitative estimate of drug-likeness (QED) is 0.817. The number of β-amino-alcohol motifs (C(OH)–C–C–N with tert-alkyl or cyclic N) is 1. The minimum absolute atomic E-state index is 0.0400. The Morgan fingerprint density at radius 1 is 1.26 bits per heavy atom. The van der Waals surface area contributed by atoms with Gasteiger partial charge in [0, 0.05) is 31.7 Å². The standard InChI is InChI=1S/C19H24N4O4/c1-26-14-4-2-13(3-5-14)15-10-16(21-20-15)19(25)23-11-17(18(24)12-23)22-6-8-27-9-7-22/h2-5,10,17-18,24H,6-9,11-12H2,1H3,(H,20,21)/t17-,18-/m0/s1. The number of aromatic amines is 1. The molecule has 2 saturated heterocycles. The number of methoxy groups -OCH3 is 1. The van der Waals surface area contributed by atoms with E-state index in [1.54, 1.807) is 18.1 Å². The van der Waals surface area contributed by atoms with Crippen molar-refractivity contribution in [3.63, 3.8) is 0 Å². The minimum atomic E-state index is -0.545. The van der Waals surface area contributed by atoms with Gasteiger partial charge in [-0.1, -0.05) is 0 Å². The molecule has 1 aromatic heterocycles. The van der Waals surface area contributed by atoms with Gasteiger partial charge in [-0.05, 0) is 30.3 Å². The van der Waals surface area contributed by atoms with Gasteiger partial charge < -0.3 is 19.5 Å². The van der Waals surface area contributed by atoms with Gasteiger partial charge >= 0.3 is 0 Å². The lowest BCUT2D eigenvalue weighted by atomic mass is 10.1. The first-order chi connectivity index (χ1) is 13.2. The molecule has 0 saturated carbocycles. The Balaban J connectivity index is 1.44. The summed E-state index contributed by atoms with van der Waals surface area (Å²) >= 11 is 0. The molecule has 0 spiro atoms. The Bertz CT molecular complexity index is 785. The largest absolute Gasteiger partial charge is 0.497 e. The van der Waals surface area contributed by atoms with E-state index in [0.717, 1.165) is 24.4 Å². The van der Waals surface area contributed by atoms with E-state index in [1.807, 2.05) is 24.3 Å². The van der Waals surface area contributed by atoms with Crippen LogP contribution < -0.4 is 4.74 Å². The van der Waals surface area contributed by atoms with Crippen LogP contribution in [-0.2, 0) is 4.74 Å². The monoisotopic (exact) mass is 372 g/mol. The summed E-state index contributed by atoms with van der Waals surface area (Å²) in [4.78, 5) is 16.7. The highest BCUT2D eigenvalue weighted by Gasteiger charge is 2.38. The van der Waals surface area contributed by atoms with Crippen molar-refractivity contribution in [1.82, 2.24) is 20.0 Å². The average molecular weight is 372 g/mol. The molecule has 0 unspecified atom stereocenters. The van der Waals surface area contributed by atoms with Gasteiger partial charge in [-0.3, -0.25) is 14.8 Å². The molecule has 2 aliphatic rings. The number of amides is 1. The van der Waals surface area contributed by atoms with Crippen LogP contribution in [0.15, 0.2) is 30.3 Å². The van der Waals surface area contributed by atoms with Gasteiger partial charge in [0.1, 0.15) is 11.4 Å². The second kappa shape index (κ2) is 7.67. The molecule has 1 amide bonds. The summed E-state index contributed by atoms with van der Waals surface area (Å²) < 4.78 is 10.5. The summed E-state index contributed by atoms with van der Waals surface area (Å²) in [6.45, 7) is 3.76. The molecule has 1 aromatic carbocycles. The van der Waals surface area contributed by atoms with Crippen molar-refractivity contribution < 1.29 is 19.4 Å². The summed E-state index contributed by atoms with van der Waals surface area (Å²) in [6, 6.07) is 9.22. The predicted octanol–water partition coefficient (Wildman–Crippen LogP) is 0.603. The maximum Gasteiger partial charge on any atom is 0.272 e. The lowest BCUT2D eigenvalue weighted by Gasteiger charge is -2.33. The zero-order chi connectivity index (χ0) is 18.8. The van der Waals surface area contributed by atoms with Gasteiger partial charge in [0.2, 0.25) is 0 Å². The van der Waals surface area contributed by atoms with Gasteiger partial charge in [0.15, 0.2) is 0 Å². The van der Waals surface area contributed by atoms with Crippen LogP contribution in [0.5, 0.6) is 5.75 Å². The molecule has 8 nitrogen and oxygen atoms in total. The summed E-state index contributed by atoms with van der Waals surface area (Å²) in [5.74, 6) is 0.628. The zero-order valence-electron chi connectivity index (χ0n) is 15.3. The Morgan fingerprint density at radius 2 is 2.00 bits per heavy atom. The highest BCUT2D eigenvalue weighted by Crippen LogP contribution is 2.23. The number of aliphatic hydroxyl groups is 1. The first kappa shape index (κ1) is 18.0. The van der Waals surface area contributed by atoms with Crippen molar-refractivity contribution >= 4 is 5.91 Å². The van der Waals surface area contributed by atoms with E-state index >= 15 is 0 Å². The van der Waals surface area contributed by atoms with Gasteiger partial charge in [-0.25, -0.2) is 0 Å². The lowest BCUT2D eigenvalue weighted by molar-refractivity contribution is -0.00611. The molecule has 2 atom stereocenters. The first-order valence-electron chi connectivity index (χ1n) is 9.14. The number of H-pyrrole nitrogens is 1. The van der Waals surface area contributed by atoms with E-state index in [1.165, 1.54) is 0 Å². The number of rotatable bonds is 4. The third kappa shape index (κ3) is 3.69. The molecule has 144 valence electrons. The first-order valence-corrected chi connectivity index (χ1v) is 9.14. The summed E-state index contributed by atoms with van der Waals surface area (Å²) in [5.41, 5.74) is 2.03. The molecule has 0 bridgehead atoms. The van der Waals surface area contributed by atoms with Crippen molar-refractivity contribution in [2.24, 2.45) is 0 Å². The number of ether oxygens (including phenoxy) is 2. The van der Waals surface area contributed by atoms with E-state index in [-0.39, 0.29) is 11.9 Å². The number of carbonyl (C=O) groups is 1. The van der Waals surface area contributed by atoms with Gasteiger partial charge in [0.05, 0.1) is 38.2 Å². The maximum atomic E-state index is 12.8. The zero-order valence-corrected chi connectivity index (χ0v) is 15.3. The SMILES string of the molecule is COc1ccc(-c2cc(C(=O)N3C[C@H](O)[C@@H](N4CCOCC4)C3)[nH]n2)cc1. The van der Waals surface area contributed by atoms with Crippen LogP contribution >= 0.6 is 0 Å². The Labute approximate surface area is 157 Å². The highest BCUT2D eigenvalue weighted by atomic mass is 16.5. The van der Waals surface area contributed by atoms with Crippen LogP contribution in [0.25, 0.3) is 11.3 Å². The number of nitrogens with one attached hydrogen (secondary N) is 1. The van der Waals surface area contributed by atoms with Crippen molar-refractivity contribution in [3.8, 4) is 17.0 Å². The fraction of sp³-hybridized carbons (Fsp3) is 0.474. The van der Waals surface area contributed by atoms with E-state index in [4.69, 9.17) is 9.47 Å². The number of aliphatic hydroxyl groups excluding tert-OH is 1. The summed E-state index contributed by atoms with van der Waals surface area (Å²) in [7, 11) is 1.62.